The highest BCUT2D eigenvalue weighted by molar-refractivity contribution is 9.10. The lowest BCUT2D eigenvalue weighted by Crippen LogP contribution is -2.32. The number of halogens is 3. The van der Waals surface area contributed by atoms with Gasteiger partial charge in [-0.25, -0.2) is 13.6 Å². The number of hydrogen-bond donors (Lipinski definition) is 1. The molecule has 19 heavy (non-hydrogen) atoms. The third kappa shape index (κ3) is 3.05. The zero-order chi connectivity index (χ0) is 14.4. The van der Waals surface area contributed by atoms with Gasteiger partial charge in [0.2, 0.25) is 15.9 Å². The molecule has 0 aromatic heterocycles. The van der Waals surface area contributed by atoms with Crippen LogP contribution >= 0.6 is 39.1 Å². The number of sulfonamides is 1. The molecule has 9 heteroatoms. The second kappa shape index (κ2) is 5.21. The predicted octanol–water partition coefficient (Wildman–Crippen LogP) is 2.15. The Balaban J connectivity index is 2.42. The van der Waals surface area contributed by atoms with Crippen molar-refractivity contribution in [2.75, 3.05) is 11.4 Å². The van der Waals surface area contributed by atoms with E-state index in [1.165, 1.54) is 11.0 Å². The predicted molar refractivity (Wildman–Crippen MR) is 78.0 cm³/mol. The van der Waals surface area contributed by atoms with Gasteiger partial charge in [0.25, 0.3) is 0 Å². The van der Waals surface area contributed by atoms with Crippen molar-refractivity contribution < 1.29 is 13.2 Å². The van der Waals surface area contributed by atoms with Crippen LogP contribution in [0.25, 0.3) is 0 Å². The summed E-state index contributed by atoms with van der Waals surface area (Å²) in [4.78, 5) is 13.2. The minimum Gasteiger partial charge on any atom is -0.308 e. The van der Waals surface area contributed by atoms with Crippen molar-refractivity contribution >= 4 is 60.7 Å². The van der Waals surface area contributed by atoms with Crippen molar-refractivity contribution in [3.05, 3.63) is 26.7 Å². The molecule has 2 N–H and O–H groups in total. The first-order valence-corrected chi connectivity index (χ1v) is 8.32. The van der Waals surface area contributed by atoms with Crippen LogP contribution in [0, 0.1) is 0 Å². The fraction of sp³-hybridized carbons (Fsp3) is 0.300. The maximum atomic E-state index is 11.9. The normalized spacial score (nSPS) is 20.1. The molecule has 1 unspecified atom stereocenters. The van der Waals surface area contributed by atoms with Crippen LogP contribution in [0.3, 0.4) is 0 Å². The number of rotatable bonds is 2. The minimum atomic E-state index is -3.76. The summed E-state index contributed by atoms with van der Waals surface area (Å²) < 4.78 is 23.1. The third-order valence-corrected chi connectivity index (χ3v) is 5.16. The van der Waals surface area contributed by atoms with E-state index in [1.807, 2.05) is 0 Å². The second-order valence-corrected chi connectivity index (χ2v) is 7.68. The Morgan fingerprint density at radius 1 is 1.37 bits per heavy atom. The lowest BCUT2D eigenvalue weighted by Gasteiger charge is -2.19. The molecule has 5 nitrogen and oxygen atoms in total. The number of nitrogens with two attached hydrogens (primary N) is 1. The Hall–Kier alpha value is -0.340. The molecule has 0 saturated carbocycles. The number of primary sulfonamides is 1. The smallest absolute Gasteiger partial charge is 0.228 e. The van der Waals surface area contributed by atoms with E-state index in [-0.39, 0.29) is 23.9 Å². The van der Waals surface area contributed by atoms with E-state index in [2.05, 4.69) is 15.9 Å². The van der Waals surface area contributed by atoms with Gasteiger partial charge >= 0.3 is 0 Å². The highest BCUT2D eigenvalue weighted by Gasteiger charge is 2.38. The Morgan fingerprint density at radius 3 is 2.47 bits per heavy atom. The quantitative estimate of drug-likeness (QED) is 0.844. The zero-order valence-electron chi connectivity index (χ0n) is 9.44. The van der Waals surface area contributed by atoms with E-state index in [4.69, 9.17) is 28.3 Å². The fourth-order valence-electron chi connectivity index (χ4n) is 1.90. The number of hydrogen-bond acceptors (Lipinski definition) is 3. The highest BCUT2D eigenvalue weighted by Crippen LogP contribution is 2.39. The van der Waals surface area contributed by atoms with Crippen LogP contribution in [0.5, 0.6) is 0 Å². The molecule has 1 aromatic rings. The Labute approximate surface area is 128 Å². The van der Waals surface area contributed by atoms with Crippen LogP contribution in [-0.4, -0.2) is 26.1 Å². The lowest BCUT2D eigenvalue weighted by molar-refractivity contribution is -0.117. The van der Waals surface area contributed by atoms with E-state index in [0.29, 0.717) is 15.2 Å². The van der Waals surface area contributed by atoms with Gasteiger partial charge < -0.3 is 4.90 Å². The minimum absolute atomic E-state index is 0.0163. The topological polar surface area (TPSA) is 80.5 Å². The summed E-state index contributed by atoms with van der Waals surface area (Å²) in [6.07, 6.45) is -0.149. The standard InChI is InChI=1S/C10H9BrCl2N2O3S/c11-7-1-5(12)2-8(13)10(7)15-4-6(3-9(15)16)19(14,17)18/h1-2,6H,3-4H2,(H2,14,17,18). The SMILES string of the molecule is NS(=O)(=O)C1CC(=O)N(c2c(Cl)cc(Cl)cc2Br)C1. The average Bonchev–Trinajstić information content (AvgIpc) is 2.59. The third-order valence-electron chi connectivity index (χ3n) is 2.81. The van der Waals surface area contributed by atoms with Crippen molar-refractivity contribution in [2.45, 2.75) is 11.7 Å². The maximum Gasteiger partial charge on any atom is 0.228 e. The molecule has 1 fully saturated rings. The van der Waals surface area contributed by atoms with Gasteiger partial charge in [0.05, 0.1) is 10.7 Å². The van der Waals surface area contributed by atoms with Crippen LogP contribution < -0.4 is 10.0 Å². The summed E-state index contributed by atoms with van der Waals surface area (Å²) in [5.74, 6) is -0.344. The molecular weight excluding hydrogens is 379 g/mol. The number of benzene rings is 1. The molecule has 0 spiro atoms. The molecule has 1 aliphatic rings. The van der Waals surface area contributed by atoms with Gasteiger partial charge in [-0.2, -0.15) is 0 Å². The van der Waals surface area contributed by atoms with Crippen LogP contribution in [0.1, 0.15) is 6.42 Å². The Kier molecular flexibility index (Phi) is 4.13. The Morgan fingerprint density at radius 2 is 2.00 bits per heavy atom. The molecule has 0 bridgehead atoms. The summed E-state index contributed by atoms with van der Waals surface area (Å²) in [5.41, 5.74) is 0.405. The van der Waals surface area contributed by atoms with Crippen LogP contribution in [0.2, 0.25) is 10.0 Å². The molecule has 0 radical (unpaired) electrons. The van der Waals surface area contributed by atoms with Crippen molar-refractivity contribution in [2.24, 2.45) is 5.14 Å². The van der Waals surface area contributed by atoms with Crippen LogP contribution in [0.4, 0.5) is 5.69 Å². The molecule has 0 aliphatic carbocycles. The van der Waals surface area contributed by atoms with E-state index in [1.54, 1.807) is 6.07 Å². The van der Waals surface area contributed by atoms with Crippen molar-refractivity contribution in [3.63, 3.8) is 0 Å². The van der Waals surface area contributed by atoms with Gasteiger partial charge in [-0.1, -0.05) is 23.2 Å². The van der Waals surface area contributed by atoms with Gasteiger partial charge in [-0.3, -0.25) is 4.79 Å². The first kappa shape index (κ1) is 15.1. The summed E-state index contributed by atoms with van der Waals surface area (Å²) in [5, 5.41) is 4.83. The van der Waals surface area contributed by atoms with E-state index in [0.717, 1.165) is 0 Å². The molecule has 1 saturated heterocycles. The molecule has 104 valence electrons. The van der Waals surface area contributed by atoms with Gasteiger partial charge in [-0.15, -0.1) is 0 Å². The zero-order valence-corrected chi connectivity index (χ0v) is 13.4. The molecule has 1 aromatic carbocycles. The van der Waals surface area contributed by atoms with Crippen LogP contribution in [0.15, 0.2) is 16.6 Å². The largest absolute Gasteiger partial charge is 0.308 e. The van der Waals surface area contributed by atoms with E-state index in [9.17, 15) is 13.2 Å². The van der Waals surface area contributed by atoms with Gasteiger partial charge in [-0.05, 0) is 28.1 Å². The molecule has 1 heterocycles. The molecule has 1 atom stereocenters. The maximum absolute atomic E-state index is 11.9. The summed E-state index contributed by atoms with van der Waals surface area (Å²) in [6.45, 7) is -0.0163. The first-order valence-electron chi connectivity index (χ1n) is 5.16. The van der Waals surface area contributed by atoms with E-state index < -0.39 is 15.3 Å². The second-order valence-electron chi connectivity index (χ2n) is 4.14. The molecule has 2 rings (SSSR count). The first-order chi connectivity index (χ1) is 8.70. The monoisotopic (exact) mass is 386 g/mol. The van der Waals surface area contributed by atoms with E-state index >= 15 is 0 Å². The molecular formula is C10H9BrCl2N2O3S. The number of amides is 1. The number of carbonyl (C=O) groups excluding carboxylic acids is 1. The van der Waals surface area contributed by atoms with Crippen molar-refractivity contribution in [3.8, 4) is 0 Å². The van der Waals surface area contributed by atoms with Gasteiger partial charge in [0.1, 0.15) is 5.25 Å². The summed E-state index contributed by atoms with van der Waals surface area (Å²) in [7, 11) is -3.76. The fourth-order valence-corrected chi connectivity index (χ4v) is 4.15. The van der Waals surface area contributed by atoms with Gasteiger partial charge in [0.15, 0.2) is 0 Å². The summed E-state index contributed by atoms with van der Waals surface area (Å²) in [6, 6.07) is 3.07. The van der Waals surface area contributed by atoms with Gasteiger partial charge in [0, 0.05) is 22.5 Å². The number of nitrogens with zero attached hydrogens (tertiary/aromatic N) is 1. The summed E-state index contributed by atoms with van der Waals surface area (Å²) >= 11 is 15.1. The molecule has 1 amide bonds. The van der Waals surface area contributed by atoms with Crippen molar-refractivity contribution in [1.29, 1.82) is 0 Å². The molecule has 1 aliphatic heterocycles. The Bertz CT molecular complexity index is 627. The van der Waals surface area contributed by atoms with Crippen LogP contribution in [-0.2, 0) is 14.8 Å². The number of anilines is 1. The van der Waals surface area contributed by atoms with Crippen molar-refractivity contribution in [1.82, 2.24) is 0 Å². The lowest BCUT2D eigenvalue weighted by atomic mass is 10.3. The number of carbonyl (C=O) groups is 1. The highest BCUT2D eigenvalue weighted by atomic mass is 79.9. The average molecular weight is 388 g/mol.